The molecule has 2 N–H and O–H groups in total. The highest BCUT2D eigenvalue weighted by Crippen LogP contribution is 2.35. The van der Waals surface area contributed by atoms with Crippen molar-refractivity contribution in [2.24, 2.45) is 0 Å². The minimum absolute atomic E-state index is 0.450. The Morgan fingerprint density at radius 3 is 3.25 bits per heavy atom. The zero-order valence-corrected chi connectivity index (χ0v) is 12.3. The Kier molecular flexibility index (Phi) is 2.77. The molecule has 1 atom stereocenters. The highest BCUT2D eigenvalue weighted by molar-refractivity contribution is 7.10. The van der Waals surface area contributed by atoms with Crippen LogP contribution in [-0.2, 0) is 6.42 Å². The fraction of sp³-hybridized carbons (Fsp3) is 0.312. The molecule has 4 rings (SSSR count). The van der Waals surface area contributed by atoms with Gasteiger partial charge in [-0.05, 0) is 61.4 Å². The van der Waals surface area contributed by atoms with Crippen LogP contribution in [0.15, 0.2) is 29.6 Å². The monoisotopic (exact) mass is 283 g/mol. The molecule has 1 aliphatic carbocycles. The van der Waals surface area contributed by atoms with E-state index in [1.165, 1.54) is 30.5 Å². The van der Waals surface area contributed by atoms with Gasteiger partial charge in [-0.1, -0.05) is 0 Å². The number of benzene rings is 1. The average Bonchev–Trinajstić information content (AvgIpc) is 3.03. The van der Waals surface area contributed by atoms with Crippen LogP contribution >= 0.6 is 11.3 Å². The maximum absolute atomic E-state index is 4.45. The van der Waals surface area contributed by atoms with E-state index in [0.29, 0.717) is 6.04 Å². The molecule has 3 nitrogen and oxygen atoms in total. The van der Waals surface area contributed by atoms with Crippen LogP contribution in [0.4, 0.5) is 5.69 Å². The summed E-state index contributed by atoms with van der Waals surface area (Å²) in [6.45, 7) is 1.99. The summed E-state index contributed by atoms with van der Waals surface area (Å²) in [7, 11) is 0. The minimum atomic E-state index is 0.450. The predicted octanol–water partition coefficient (Wildman–Crippen LogP) is 4.42. The third-order valence-corrected chi connectivity index (χ3v) is 4.99. The van der Waals surface area contributed by atoms with Crippen molar-refractivity contribution in [2.45, 2.75) is 32.2 Å². The molecule has 0 spiro atoms. The summed E-state index contributed by atoms with van der Waals surface area (Å²) in [4.78, 5) is 9.30. The highest BCUT2D eigenvalue weighted by Gasteiger charge is 2.20. The zero-order chi connectivity index (χ0) is 13.5. The van der Waals surface area contributed by atoms with Gasteiger partial charge in [-0.2, -0.15) is 0 Å². The van der Waals surface area contributed by atoms with Gasteiger partial charge in [0.1, 0.15) is 5.82 Å². The molecule has 4 heteroatoms. The second-order valence-corrected chi connectivity index (χ2v) is 6.44. The van der Waals surface area contributed by atoms with E-state index in [2.05, 4.69) is 44.9 Å². The first kappa shape index (κ1) is 12.0. The van der Waals surface area contributed by atoms with Gasteiger partial charge in [0.2, 0.25) is 0 Å². The molecule has 20 heavy (non-hydrogen) atoms. The van der Waals surface area contributed by atoms with Crippen molar-refractivity contribution < 1.29 is 0 Å². The second kappa shape index (κ2) is 4.63. The summed E-state index contributed by atoms with van der Waals surface area (Å²) in [5.41, 5.74) is 4.80. The number of aromatic amines is 1. The molecule has 0 aliphatic heterocycles. The van der Waals surface area contributed by atoms with Gasteiger partial charge in [0, 0.05) is 10.6 Å². The number of imidazole rings is 1. The normalized spacial score (nSPS) is 18.1. The summed E-state index contributed by atoms with van der Waals surface area (Å²) < 4.78 is 0. The van der Waals surface area contributed by atoms with Crippen LogP contribution in [0.5, 0.6) is 0 Å². The summed E-state index contributed by atoms with van der Waals surface area (Å²) in [5, 5.41) is 5.90. The lowest BCUT2D eigenvalue weighted by atomic mass is 9.94. The van der Waals surface area contributed by atoms with Crippen LogP contribution < -0.4 is 5.32 Å². The predicted molar refractivity (Wildman–Crippen MR) is 84.5 cm³/mol. The highest BCUT2D eigenvalue weighted by atomic mass is 32.1. The topological polar surface area (TPSA) is 40.7 Å². The van der Waals surface area contributed by atoms with Gasteiger partial charge in [0.05, 0.1) is 17.1 Å². The number of anilines is 1. The summed E-state index contributed by atoms with van der Waals surface area (Å²) >= 11 is 1.89. The number of nitrogens with zero attached hydrogens (tertiary/aromatic N) is 1. The Bertz CT molecular complexity index is 756. The maximum Gasteiger partial charge on any atom is 0.104 e. The first-order chi connectivity index (χ1) is 9.79. The molecule has 3 aromatic rings. The molecule has 1 aromatic carbocycles. The average molecular weight is 283 g/mol. The summed E-state index contributed by atoms with van der Waals surface area (Å²) in [5.74, 6) is 0.968. The van der Waals surface area contributed by atoms with E-state index in [-0.39, 0.29) is 0 Å². The van der Waals surface area contributed by atoms with Gasteiger partial charge in [-0.3, -0.25) is 0 Å². The Labute approximate surface area is 122 Å². The lowest BCUT2D eigenvalue weighted by Crippen LogP contribution is -2.15. The van der Waals surface area contributed by atoms with Crippen LogP contribution in [0.25, 0.3) is 11.0 Å². The number of fused-ring (bicyclic) bond motifs is 2. The van der Waals surface area contributed by atoms with E-state index in [4.69, 9.17) is 0 Å². The van der Waals surface area contributed by atoms with Crippen molar-refractivity contribution in [3.05, 3.63) is 45.9 Å². The van der Waals surface area contributed by atoms with E-state index < -0.39 is 0 Å². The number of aryl methyl sites for hydroxylation is 2. The Hall–Kier alpha value is -1.81. The van der Waals surface area contributed by atoms with Crippen LogP contribution in [-0.4, -0.2) is 9.97 Å². The van der Waals surface area contributed by atoms with Gasteiger partial charge < -0.3 is 10.3 Å². The van der Waals surface area contributed by atoms with E-state index in [1.807, 2.05) is 18.3 Å². The number of aromatic nitrogens is 2. The maximum atomic E-state index is 4.45. The summed E-state index contributed by atoms with van der Waals surface area (Å²) in [6.07, 6.45) is 3.73. The molecule has 0 radical (unpaired) electrons. The zero-order valence-electron chi connectivity index (χ0n) is 11.4. The third-order valence-electron chi connectivity index (χ3n) is 3.99. The number of thiophene rings is 1. The van der Waals surface area contributed by atoms with Crippen molar-refractivity contribution in [1.29, 1.82) is 0 Å². The molecule has 0 amide bonds. The van der Waals surface area contributed by atoms with Gasteiger partial charge in [0.25, 0.3) is 0 Å². The standard InChI is InChI=1S/C16H17N3S/c1-10-17-14-6-5-11(9-15(14)18-10)19-13-3-2-4-16-12(13)7-8-20-16/h5-9,13,19H,2-4H2,1H3,(H,17,18). The molecule has 0 bridgehead atoms. The Morgan fingerprint density at radius 1 is 1.35 bits per heavy atom. The quantitative estimate of drug-likeness (QED) is 0.731. The molecule has 0 saturated carbocycles. The molecular weight excluding hydrogens is 266 g/mol. The largest absolute Gasteiger partial charge is 0.378 e. The lowest BCUT2D eigenvalue weighted by molar-refractivity contribution is 0.609. The molecule has 2 aromatic heterocycles. The number of nitrogens with one attached hydrogen (secondary N) is 2. The van der Waals surface area contributed by atoms with Crippen molar-refractivity contribution >= 4 is 28.1 Å². The van der Waals surface area contributed by atoms with E-state index in [9.17, 15) is 0 Å². The third kappa shape index (κ3) is 2.00. The van der Waals surface area contributed by atoms with Crippen LogP contribution in [0, 0.1) is 6.92 Å². The molecule has 2 heterocycles. The molecule has 0 saturated heterocycles. The molecule has 1 aliphatic rings. The fourth-order valence-corrected chi connectivity index (χ4v) is 4.05. The van der Waals surface area contributed by atoms with E-state index in [0.717, 1.165) is 16.9 Å². The van der Waals surface area contributed by atoms with E-state index in [1.54, 1.807) is 4.88 Å². The smallest absolute Gasteiger partial charge is 0.104 e. The SMILES string of the molecule is Cc1nc2ccc(NC3CCCc4sccc43)cc2[nH]1. The number of rotatable bonds is 2. The van der Waals surface area contributed by atoms with Gasteiger partial charge in [-0.25, -0.2) is 4.98 Å². The van der Waals surface area contributed by atoms with Crippen molar-refractivity contribution in [3.8, 4) is 0 Å². The van der Waals surface area contributed by atoms with Crippen LogP contribution in [0.1, 0.15) is 35.1 Å². The van der Waals surface area contributed by atoms with Gasteiger partial charge in [-0.15, -0.1) is 11.3 Å². The van der Waals surface area contributed by atoms with Gasteiger partial charge in [0.15, 0.2) is 0 Å². The molecule has 102 valence electrons. The van der Waals surface area contributed by atoms with Crippen LogP contribution in [0.3, 0.4) is 0 Å². The summed E-state index contributed by atoms with van der Waals surface area (Å²) in [6, 6.07) is 9.10. The van der Waals surface area contributed by atoms with Crippen LogP contribution in [0.2, 0.25) is 0 Å². The fourth-order valence-electron chi connectivity index (χ4n) is 3.06. The molecular formula is C16H17N3S. The molecule has 0 fully saturated rings. The number of hydrogen-bond acceptors (Lipinski definition) is 3. The Morgan fingerprint density at radius 2 is 2.30 bits per heavy atom. The number of H-pyrrole nitrogens is 1. The van der Waals surface area contributed by atoms with Crippen molar-refractivity contribution in [3.63, 3.8) is 0 Å². The van der Waals surface area contributed by atoms with Gasteiger partial charge >= 0.3 is 0 Å². The Balaban J connectivity index is 1.65. The van der Waals surface area contributed by atoms with Crippen molar-refractivity contribution in [2.75, 3.05) is 5.32 Å². The molecule has 1 unspecified atom stereocenters. The minimum Gasteiger partial charge on any atom is -0.378 e. The number of hydrogen-bond donors (Lipinski definition) is 2. The van der Waals surface area contributed by atoms with Crippen molar-refractivity contribution in [1.82, 2.24) is 9.97 Å². The first-order valence-corrected chi connectivity index (χ1v) is 7.97. The lowest BCUT2D eigenvalue weighted by Gasteiger charge is -2.24. The first-order valence-electron chi connectivity index (χ1n) is 7.09. The van der Waals surface area contributed by atoms with E-state index >= 15 is 0 Å². The second-order valence-electron chi connectivity index (χ2n) is 5.44.